The van der Waals surface area contributed by atoms with Gasteiger partial charge in [0.15, 0.2) is 0 Å². The molecule has 0 aliphatic rings. The van der Waals surface area contributed by atoms with E-state index in [1.165, 1.54) is 24.0 Å². The third-order valence-corrected chi connectivity index (χ3v) is 3.53. The average Bonchev–Trinajstić information content (AvgIpc) is 2.33. The van der Waals surface area contributed by atoms with Crippen molar-refractivity contribution in [2.45, 2.75) is 53.0 Å². The van der Waals surface area contributed by atoms with Crippen LogP contribution in [0.4, 0.5) is 0 Å². The number of hydrogen-bond acceptors (Lipinski definition) is 1. The van der Waals surface area contributed by atoms with E-state index >= 15 is 0 Å². The van der Waals surface area contributed by atoms with Gasteiger partial charge >= 0.3 is 0 Å². The largest absolute Gasteiger partial charge is 0.313 e. The fraction of sp³-hybridized carbons (Fsp3) is 0.625. The van der Waals surface area contributed by atoms with Crippen molar-refractivity contribution in [3.8, 4) is 0 Å². The highest BCUT2D eigenvalue weighted by Gasteiger charge is 2.15. The molecule has 96 valence electrons. The predicted molar refractivity (Wildman–Crippen MR) is 76.4 cm³/mol. The zero-order chi connectivity index (χ0) is 12.7. The minimum atomic E-state index is 0.613. The van der Waals surface area contributed by atoms with E-state index in [2.05, 4.69) is 57.3 Å². The Balaban J connectivity index is 2.64. The summed E-state index contributed by atoms with van der Waals surface area (Å²) in [5.74, 6) is 0.738. The fourth-order valence-electron chi connectivity index (χ4n) is 2.18. The summed E-state index contributed by atoms with van der Waals surface area (Å²) in [6.07, 6.45) is 3.60. The maximum Gasteiger partial charge on any atom is 0.0133 e. The van der Waals surface area contributed by atoms with Crippen LogP contribution in [0, 0.1) is 12.8 Å². The molecule has 2 unspecified atom stereocenters. The lowest BCUT2D eigenvalue weighted by molar-refractivity contribution is 0.365. The Hall–Kier alpha value is -0.820. The first-order valence-electron chi connectivity index (χ1n) is 6.96. The van der Waals surface area contributed by atoms with Crippen LogP contribution >= 0.6 is 0 Å². The van der Waals surface area contributed by atoms with Crippen LogP contribution in [0.2, 0.25) is 0 Å². The highest BCUT2D eigenvalue weighted by molar-refractivity contribution is 5.23. The van der Waals surface area contributed by atoms with E-state index < -0.39 is 0 Å². The number of nitrogens with one attached hydrogen (secondary N) is 1. The molecular formula is C16H27N. The van der Waals surface area contributed by atoms with E-state index in [-0.39, 0.29) is 0 Å². The second-order valence-electron chi connectivity index (χ2n) is 5.14. The Kier molecular flexibility index (Phi) is 6.28. The topological polar surface area (TPSA) is 12.0 Å². The van der Waals surface area contributed by atoms with Crippen molar-refractivity contribution in [2.75, 3.05) is 6.54 Å². The average molecular weight is 233 g/mol. The standard InChI is InChI=1S/C16H27N/c1-5-10-17-16(14(4)6-2)12-15-9-7-8-13(3)11-15/h7-9,11,14,16-17H,5-6,10,12H2,1-4H3. The molecule has 1 aromatic carbocycles. The second-order valence-corrected chi connectivity index (χ2v) is 5.14. The Morgan fingerprint density at radius 1 is 1.24 bits per heavy atom. The lowest BCUT2D eigenvalue weighted by Crippen LogP contribution is -2.37. The summed E-state index contributed by atoms with van der Waals surface area (Å²) in [5, 5.41) is 3.69. The van der Waals surface area contributed by atoms with Crippen molar-refractivity contribution >= 4 is 0 Å². The van der Waals surface area contributed by atoms with Gasteiger partial charge in [-0.15, -0.1) is 0 Å². The highest BCUT2D eigenvalue weighted by Crippen LogP contribution is 2.14. The van der Waals surface area contributed by atoms with Crippen LogP contribution in [0.25, 0.3) is 0 Å². The van der Waals surface area contributed by atoms with Gasteiger partial charge in [-0.3, -0.25) is 0 Å². The van der Waals surface area contributed by atoms with E-state index in [4.69, 9.17) is 0 Å². The van der Waals surface area contributed by atoms with Crippen LogP contribution in [0.5, 0.6) is 0 Å². The van der Waals surface area contributed by atoms with Crippen LogP contribution in [-0.4, -0.2) is 12.6 Å². The van der Waals surface area contributed by atoms with Gasteiger partial charge in [-0.1, -0.05) is 57.0 Å². The second kappa shape index (κ2) is 7.50. The van der Waals surface area contributed by atoms with Crippen molar-refractivity contribution < 1.29 is 0 Å². The molecule has 0 saturated carbocycles. The maximum atomic E-state index is 3.69. The van der Waals surface area contributed by atoms with Crippen LogP contribution < -0.4 is 5.32 Å². The third kappa shape index (κ3) is 4.91. The Labute approximate surface area is 107 Å². The fourth-order valence-corrected chi connectivity index (χ4v) is 2.18. The minimum Gasteiger partial charge on any atom is -0.313 e. The van der Waals surface area contributed by atoms with Crippen molar-refractivity contribution in [1.29, 1.82) is 0 Å². The van der Waals surface area contributed by atoms with Crippen LogP contribution in [0.1, 0.15) is 44.7 Å². The van der Waals surface area contributed by atoms with Gasteiger partial charge in [-0.05, 0) is 37.8 Å². The first-order valence-corrected chi connectivity index (χ1v) is 6.96. The van der Waals surface area contributed by atoms with Crippen molar-refractivity contribution in [3.63, 3.8) is 0 Å². The Morgan fingerprint density at radius 2 is 2.00 bits per heavy atom. The molecular weight excluding hydrogens is 206 g/mol. The van der Waals surface area contributed by atoms with Crippen molar-refractivity contribution in [2.24, 2.45) is 5.92 Å². The molecule has 0 fully saturated rings. The van der Waals surface area contributed by atoms with E-state index in [0.717, 1.165) is 18.9 Å². The van der Waals surface area contributed by atoms with Crippen LogP contribution in [0.3, 0.4) is 0 Å². The number of benzene rings is 1. The molecule has 1 nitrogen and oxygen atoms in total. The van der Waals surface area contributed by atoms with Gasteiger partial charge in [-0.25, -0.2) is 0 Å². The highest BCUT2D eigenvalue weighted by atomic mass is 14.9. The van der Waals surface area contributed by atoms with Gasteiger partial charge in [-0.2, -0.15) is 0 Å². The van der Waals surface area contributed by atoms with Crippen LogP contribution in [0.15, 0.2) is 24.3 Å². The summed E-state index contributed by atoms with van der Waals surface area (Å²) in [5.41, 5.74) is 2.82. The smallest absolute Gasteiger partial charge is 0.0133 e. The van der Waals surface area contributed by atoms with Gasteiger partial charge in [0.25, 0.3) is 0 Å². The van der Waals surface area contributed by atoms with E-state index in [1.807, 2.05) is 0 Å². The summed E-state index contributed by atoms with van der Waals surface area (Å²) in [7, 11) is 0. The number of aryl methyl sites for hydroxylation is 1. The third-order valence-electron chi connectivity index (χ3n) is 3.53. The monoisotopic (exact) mass is 233 g/mol. The zero-order valence-corrected chi connectivity index (χ0v) is 11.8. The quantitative estimate of drug-likeness (QED) is 0.752. The lowest BCUT2D eigenvalue weighted by atomic mass is 9.92. The van der Waals surface area contributed by atoms with Gasteiger partial charge in [0, 0.05) is 6.04 Å². The SMILES string of the molecule is CCCNC(Cc1cccc(C)c1)C(C)CC. The van der Waals surface area contributed by atoms with E-state index in [9.17, 15) is 0 Å². The van der Waals surface area contributed by atoms with Gasteiger partial charge < -0.3 is 5.32 Å². The predicted octanol–water partition coefficient (Wildman–Crippen LogP) is 3.95. The molecule has 0 aliphatic carbocycles. The molecule has 1 heteroatoms. The van der Waals surface area contributed by atoms with Gasteiger partial charge in [0.1, 0.15) is 0 Å². The first-order chi connectivity index (χ1) is 8.17. The Bertz CT molecular complexity index is 319. The summed E-state index contributed by atoms with van der Waals surface area (Å²) in [6.45, 7) is 10.2. The Morgan fingerprint density at radius 3 is 2.59 bits per heavy atom. The molecule has 0 heterocycles. The molecule has 1 aromatic rings. The molecule has 0 aromatic heterocycles. The summed E-state index contributed by atoms with van der Waals surface area (Å²) in [6, 6.07) is 9.50. The molecule has 0 amide bonds. The van der Waals surface area contributed by atoms with Crippen molar-refractivity contribution in [3.05, 3.63) is 35.4 Å². The van der Waals surface area contributed by atoms with Crippen molar-refractivity contribution in [1.82, 2.24) is 5.32 Å². The summed E-state index contributed by atoms with van der Waals surface area (Å²) < 4.78 is 0. The minimum absolute atomic E-state index is 0.613. The molecule has 0 aliphatic heterocycles. The van der Waals surface area contributed by atoms with Gasteiger partial charge in [0.2, 0.25) is 0 Å². The zero-order valence-electron chi connectivity index (χ0n) is 11.8. The van der Waals surface area contributed by atoms with Gasteiger partial charge in [0.05, 0.1) is 0 Å². The van der Waals surface area contributed by atoms with E-state index in [0.29, 0.717) is 6.04 Å². The molecule has 0 spiro atoms. The summed E-state index contributed by atoms with van der Waals surface area (Å²) >= 11 is 0. The van der Waals surface area contributed by atoms with Crippen LogP contribution in [-0.2, 0) is 6.42 Å². The number of rotatable bonds is 7. The summed E-state index contributed by atoms with van der Waals surface area (Å²) in [4.78, 5) is 0. The molecule has 1 rings (SSSR count). The molecule has 2 atom stereocenters. The first kappa shape index (κ1) is 14.2. The molecule has 0 radical (unpaired) electrons. The van der Waals surface area contributed by atoms with E-state index in [1.54, 1.807) is 0 Å². The molecule has 17 heavy (non-hydrogen) atoms. The molecule has 0 bridgehead atoms. The number of hydrogen-bond donors (Lipinski definition) is 1. The molecule has 0 saturated heterocycles. The maximum absolute atomic E-state index is 3.69. The normalized spacial score (nSPS) is 14.6. The molecule has 1 N–H and O–H groups in total. The lowest BCUT2D eigenvalue weighted by Gasteiger charge is -2.24.